The van der Waals surface area contributed by atoms with Gasteiger partial charge >= 0.3 is 5.69 Å². The van der Waals surface area contributed by atoms with Crippen molar-refractivity contribution < 1.29 is 14.5 Å². The molecule has 7 nitrogen and oxygen atoms in total. The highest BCUT2D eigenvalue weighted by Crippen LogP contribution is 2.34. The summed E-state index contributed by atoms with van der Waals surface area (Å²) in [4.78, 5) is 24.9. The van der Waals surface area contributed by atoms with Gasteiger partial charge in [-0.2, -0.15) is 0 Å². The second-order valence-electron chi connectivity index (χ2n) is 3.47. The number of primary amides is 1. The summed E-state index contributed by atoms with van der Waals surface area (Å²) in [6.07, 6.45) is 4.00. The van der Waals surface area contributed by atoms with E-state index in [4.69, 9.17) is 10.5 Å². The van der Waals surface area contributed by atoms with Crippen molar-refractivity contribution in [1.29, 1.82) is 0 Å². The summed E-state index contributed by atoms with van der Waals surface area (Å²) < 4.78 is 5.30. The Morgan fingerprint density at radius 3 is 2.75 bits per heavy atom. The van der Waals surface area contributed by atoms with Crippen molar-refractivity contribution in [2.45, 2.75) is 18.9 Å². The molecule has 1 heterocycles. The molecule has 84 valence electrons. The van der Waals surface area contributed by atoms with Crippen LogP contribution in [0.15, 0.2) is 12.4 Å². The summed E-state index contributed by atoms with van der Waals surface area (Å²) in [5.74, 6) is -0.885. The molecule has 0 spiro atoms. The molecule has 2 N–H and O–H groups in total. The van der Waals surface area contributed by atoms with Crippen molar-refractivity contribution in [3.05, 3.63) is 28.1 Å². The summed E-state index contributed by atoms with van der Waals surface area (Å²) in [7, 11) is 0. The zero-order valence-electron chi connectivity index (χ0n) is 8.25. The third kappa shape index (κ3) is 1.92. The fraction of sp³-hybridized carbons (Fsp3) is 0.333. The van der Waals surface area contributed by atoms with E-state index in [9.17, 15) is 14.9 Å². The van der Waals surface area contributed by atoms with Gasteiger partial charge in [0.25, 0.3) is 5.91 Å². The van der Waals surface area contributed by atoms with Gasteiger partial charge in [0.15, 0.2) is 0 Å². The summed E-state index contributed by atoms with van der Waals surface area (Å²) in [6.45, 7) is 0. The number of carbonyl (C=O) groups is 1. The lowest BCUT2D eigenvalue weighted by atomic mass is 10.2. The van der Waals surface area contributed by atoms with Gasteiger partial charge in [-0.05, 0) is 12.8 Å². The highest BCUT2D eigenvalue weighted by molar-refractivity contribution is 5.97. The molecule has 1 aliphatic carbocycles. The van der Waals surface area contributed by atoms with E-state index in [1.54, 1.807) is 0 Å². The van der Waals surface area contributed by atoms with Crippen molar-refractivity contribution in [3.8, 4) is 5.75 Å². The number of hydrogen-bond acceptors (Lipinski definition) is 5. The standard InChI is InChI=1S/C9H9N3O4/c10-9(13)6-3-11-4-7(8(6)12(14)15)16-5-1-2-5/h3-5H,1-2H2,(H2,10,13). The van der Waals surface area contributed by atoms with Crippen LogP contribution in [-0.2, 0) is 0 Å². The lowest BCUT2D eigenvalue weighted by Crippen LogP contribution is -2.15. The van der Waals surface area contributed by atoms with Gasteiger partial charge in [0.2, 0.25) is 5.75 Å². The van der Waals surface area contributed by atoms with E-state index in [0.29, 0.717) is 0 Å². The van der Waals surface area contributed by atoms with Crippen molar-refractivity contribution in [1.82, 2.24) is 4.98 Å². The van der Waals surface area contributed by atoms with E-state index in [2.05, 4.69) is 4.98 Å². The van der Waals surface area contributed by atoms with Gasteiger partial charge in [0.1, 0.15) is 5.56 Å². The minimum atomic E-state index is -0.888. The van der Waals surface area contributed by atoms with Crippen molar-refractivity contribution >= 4 is 11.6 Å². The van der Waals surface area contributed by atoms with Crippen molar-refractivity contribution in [2.75, 3.05) is 0 Å². The Bertz CT molecular complexity index is 456. The maximum atomic E-state index is 11.0. The number of rotatable bonds is 4. The van der Waals surface area contributed by atoms with Crippen LogP contribution in [0.1, 0.15) is 23.2 Å². The topological polar surface area (TPSA) is 108 Å². The highest BCUT2D eigenvalue weighted by atomic mass is 16.6. The average molecular weight is 223 g/mol. The summed E-state index contributed by atoms with van der Waals surface area (Å²) >= 11 is 0. The molecule has 16 heavy (non-hydrogen) atoms. The number of ether oxygens (including phenoxy) is 1. The van der Waals surface area contributed by atoms with E-state index >= 15 is 0 Å². The van der Waals surface area contributed by atoms with Crippen LogP contribution in [0, 0.1) is 10.1 Å². The number of carbonyl (C=O) groups excluding carboxylic acids is 1. The number of aromatic nitrogens is 1. The van der Waals surface area contributed by atoms with E-state index in [0.717, 1.165) is 19.0 Å². The summed E-state index contributed by atoms with van der Waals surface area (Å²) in [5.41, 5.74) is 4.39. The largest absolute Gasteiger partial charge is 0.482 e. The zero-order chi connectivity index (χ0) is 11.7. The SMILES string of the molecule is NC(=O)c1cncc(OC2CC2)c1[N+](=O)[O-]. The molecule has 0 aromatic carbocycles. The van der Waals surface area contributed by atoms with E-state index < -0.39 is 16.5 Å². The van der Waals surface area contributed by atoms with E-state index in [-0.39, 0.29) is 17.4 Å². The molecule has 7 heteroatoms. The molecule has 0 atom stereocenters. The van der Waals surface area contributed by atoms with Crippen LogP contribution in [0.3, 0.4) is 0 Å². The summed E-state index contributed by atoms with van der Waals surface area (Å²) in [6, 6.07) is 0. The Morgan fingerprint density at radius 1 is 1.56 bits per heavy atom. The first-order chi connectivity index (χ1) is 7.59. The summed E-state index contributed by atoms with van der Waals surface area (Å²) in [5, 5.41) is 10.8. The molecular formula is C9H9N3O4. The minimum absolute atomic E-state index is 0.00352. The fourth-order valence-corrected chi connectivity index (χ4v) is 1.25. The van der Waals surface area contributed by atoms with Crippen molar-refractivity contribution in [3.63, 3.8) is 0 Å². The normalized spacial score (nSPS) is 14.5. The molecule has 1 saturated carbocycles. The van der Waals surface area contributed by atoms with Crippen LogP contribution >= 0.6 is 0 Å². The average Bonchev–Trinajstić information content (AvgIpc) is 3.00. The van der Waals surface area contributed by atoms with Gasteiger partial charge in [0, 0.05) is 6.20 Å². The first-order valence-corrected chi connectivity index (χ1v) is 4.68. The molecule has 1 aromatic heterocycles. The predicted octanol–water partition coefficient (Wildman–Crippen LogP) is 0.630. The Morgan fingerprint density at radius 2 is 2.25 bits per heavy atom. The molecule has 0 saturated heterocycles. The molecular weight excluding hydrogens is 214 g/mol. The van der Waals surface area contributed by atoms with Crippen LogP contribution in [0.25, 0.3) is 0 Å². The number of hydrogen-bond donors (Lipinski definition) is 1. The van der Waals surface area contributed by atoms with Crippen LogP contribution < -0.4 is 10.5 Å². The lowest BCUT2D eigenvalue weighted by molar-refractivity contribution is -0.386. The molecule has 1 fully saturated rings. The van der Waals surface area contributed by atoms with Crippen LogP contribution in [0.2, 0.25) is 0 Å². The number of amides is 1. The quantitative estimate of drug-likeness (QED) is 0.594. The number of nitrogens with zero attached hydrogens (tertiary/aromatic N) is 2. The lowest BCUT2D eigenvalue weighted by Gasteiger charge is -2.06. The first-order valence-electron chi connectivity index (χ1n) is 4.68. The zero-order valence-corrected chi connectivity index (χ0v) is 8.25. The Kier molecular flexibility index (Phi) is 2.43. The van der Waals surface area contributed by atoms with Crippen molar-refractivity contribution in [2.24, 2.45) is 5.73 Å². The first kappa shape index (κ1) is 10.3. The predicted molar refractivity (Wildman–Crippen MR) is 53.1 cm³/mol. The molecule has 0 bridgehead atoms. The number of pyridine rings is 1. The fourth-order valence-electron chi connectivity index (χ4n) is 1.25. The molecule has 0 unspecified atom stereocenters. The maximum absolute atomic E-state index is 11.0. The second-order valence-corrected chi connectivity index (χ2v) is 3.47. The Balaban J connectivity index is 2.45. The molecule has 1 aliphatic rings. The molecule has 0 aliphatic heterocycles. The van der Waals surface area contributed by atoms with Crippen LogP contribution in [0.5, 0.6) is 5.75 Å². The highest BCUT2D eigenvalue weighted by Gasteiger charge is 2.30. The van der Waals surface area contributed by atoms with Gasteiger partial charge in [-0.3, -0.25) is 19.9 Å². The van der Waals surface area contributed by atoms with E-state index in [1.807, 2.05) is 0 Å². The number of nitro groups is 1. The molecule has 2 rings (SSSR count). The third-order valence-electron chi connectivity index (χ3n) is 2.15. The third-order valence-corrected chi connectivity index (χ3v) is 2.15. The van der Waals surface area contributed by atoms with Gasteiger partial charge in [-0.1, -0.05) is 0 Å². The molecule has 1 aromatic rings. The monoisotopic (exact) mass is 223 g/mol. The molecule has 1 amide bonds. The maximum Gasteiger partial charge on any atom is 0.326 e. The second kappa shape index (κ2) is 3.76. The van der Waals surface area contributed by atoms with Crippen LogP contribution in [0.4, 0.5) is 5.69 Å². The minimum Gasteiger partial charge on any atom is -0.482 e. The molecule has 0 radical (unpaired) electrons. The Hall–Kier alpha value is -2.18. The van der Waals surface area contributed by atoms with Gasteiger partial charge in [-0.15, -0.1) is 0 Å². The smallest absolute Gasteiger partial charge is 0.326 e. The van der Waals surface area contributed by atoms with Gasteiger partial charge in [0.05, 0.1) is 17.2 Å². The van der Waals surface area contributed by atoms with Gasteiger partial charge in [-0.25, -0.2) is 0 Å². The van der Waals surface area contributed by atoms with E-state index in [1.165, 1.54) is 6.20 Å². The van der Waals surface area contributed by atoms with Gasteiger partial charge < -0.3 is 10.5 Å². The number of nitrogens with two attached hydrogens (primary N) is 1. The Labute approximate surface area is 90.4 Å². The van der Waals surface area contributed by atoms with Crippen LogP contribution in [-0.4, -0.2) is 21.9 Å².